The minimum absolute atomic E-state index is 0.700. The fraction of sp³-hybridized carbons (Fsp3) is 0.273. The number of nitrogen functional groups attached to an aromatic ring is 1. The smallest absolute Gasteiger partial charge is 0.0965 e. The van der Waals surface area contributed by atoms with Gasteiger partial charge in [-0.25, -0.2) is 9.97 Å². The third kappa shape index (κ3) is 2.96. The summed E-state index contributed by atoms with van der Waals surface area (Å²) in [6, 6.07) is 3.81. The lowest BCUT2D eigenvalue weighted by Crippen LogP contribution is -1.88. The zero-order valence-corrected chi connectivity index (χ0v) is 10.6. The van der Waals surface area contributed by atoms with Crippen molar-refractivity contribution in [2.24, 2.45) is 0 Å². The molecule has 2 aromatic rings. The molecule has 5 heteroatoms. The van der Waals surface area contributed by atoms with Crippen LogP contribution in [-0.4, -0.2) is 9.97 Å². The fourth-order valence-corrected chi connectivity index (χ4v) is 2.79. The van der Waals surface area contributed by atoms with E-state index in [-0.39, 0.29) is 0 Å². The molecule has 0 atom stereocenters. The second-order valence-corrected chi connectivity index (χ2v) is 5.24. The molecule has 0 saturated carbocycles. The lowest BCUT2D eigenvalue weighted by atomic mass is 10.4. The molecule has 3 nitrogen and oxygen atoms in total. The maximum atomic E-state index is 5.57. The Hall–Kier alpha value is -1.07. The number of thioether (sulfide) groups is 1. The van der Waals surface area contributed by atoms with Crippen LogP contribution < -0.4 is 5.73 Å². The summed E-state index contributed by atoms with van der Waals surface area (Å²) < 4.78 is 0. The van der Waals surface area contributed by atoms with Crippen LogP contribution in [0.5, 0.6) is 0 Å². The average molecular weight is 251 g/mol. The number of nitrogens with two attached hydrogens (primary N) is 1. The fourth-order valence-electron chi connectivity index (χ4n) is 1.20. The first-order chi connectivity index (χ1) is 7.78. The van der Waals surface area contributed by atoms with Crippen molar-refractivity contribution < 1.29 is 0 Å². The molecule has 0 aromatic carbocycles. The Morgan fingerprint density at radius 1 is 1.44 bits per heavy atom. The SMILES string of the molecule is CCc1nc(CSc2ccc(N)cn2)cs1. The summed E-state index contributed by atoms with van der Waals surface area (Å²) in [5, 5.41) is 4.30. The van der Waals surface area contributed by atoms with Crippen LogP contribution in [-0.2, 0) is 12.2 Å². The topological polar surface area (TPSA) is 51.8 Å². The second kappa shape index (κ2) is 5.32. The lowest BCUT2D eigenvalue weighted by Gasteiger charge is -1.98. The molecule has 2 aromatic heterocycles. The molecule has 0 saturated heterocycles. The summed E-state index contributed by atoms with van der Waals surface area (Å²) in [7, 11) is 0. The molecule has 16 heavy (non-hydrogen) atoms. The Bertz CT molecular complexity index is 451. The van der Waals surface area contributed by atoms with Gasteiger partial charge in [0.25, 0.3) is 0 Å². The van der Waals surface area contributed by atoms with Crippen LogP contribution in [0.1, 0.15) is 17.6 Å². The van der Waals surface area contributed by atoms with Gasteiger partial charge in [-0.2, -0.15) is 0 Å². The van der Waals surface area contributed by atoms with Gasteiger partial charge in [0.1, 0.15) is 0 Å². The van der Waals surface area contributed by atoms with E-state index in [9.17, 15) is 0 Å². The van der Waals surface area contributed by atoms with Gasteiger partial charge in [0.15, 0.2) is 0 Å². The quantitative estimate of drug-likeness (QED) is 0.849. The van der Waals surface area contributed by atoms with Crippen LogP contribution in [0.15, 0.2) is 28.7 Å². The normalized spacial score (nSPS) is 10.6. The van der Waals surface area contributed by atoms with Crippen LogP contribution in [0.2, 0.25) is 0 Å². The molecule has 84 valence electrons. The standard InChI is InChI=1S/C11H13N3S2/c1-2-10-14-9(6-15-10)7-16-11-4-3-8(12)5-13-11/h3-6H,2,7,12H2,1H3. The molecule has 2 N–H and O–H groups in total. The number of nitrogens with zero attached hydrogens (tertiary/aromatic N) is 2. The molecular formula is C11H13N3S2. The van der Waals surface area contributed by atoms with Crippen LogP contribution in [0, 0.1) is 0 Å². The van der Waals surface area contributed by atoms with E-state index in [4.69, 9.17) is 5.73 Å². The van der Waals surface area contributed by atoms with E-state index in [1.165, 1.54) is 5.01 Å². The van der Waals surface area contributed by atoms with E-state index in [2.05, 4.69) is 22.3 Å². The molecule has 2 heterocycles. The molecule has 0 amide bonds. The Morgan fingerprint density at radius 3 is 2.94 bits per heavy atom. The van der Waals surface area contributed by atoms with E-state index >= 15 is 0 Å². The number of thiazole rings is 1. The van der Waals surface area contributed by atoms with Gasteiger partial charge in [-0.1, -0.05) is 6.92 Å². The maximum Gasteiger partial charge on any atom is 0.0965 e. The number of aromatic nitrogens is 2. The van der Waals surface area contributed by atoms with E-state index in [1.54, 1.807) is 29.3 Å². The Balaban J connectivity index is 1.94. The highest BCUT2D eigenvalue weighted by molar-refractivity contribution is 7.98. The number of hydrogen-bond donors (Lipinski definition) is 1. The summed E-state index contributed by atoms with van der Waals surface area (Å²) >= 11 is 3.41. The molecular weight excluding hydrogens is 238 g/mol. The first-order valence-electron chi connectivity index (χ1n) is 5.05. The zero-order valence-electron chi connectivity index (χ0n) is 9.01. The zero-order chi connectivity index (χ0) is 11.4. The van der Waals surface area contributed by atoms with Crippen molar-refractivity contribution >= 4 is 28.8 Å². The maximum absolute atomic E-state index is 5.57. The Labute approximate surface area is 103 Å². The first-order valence-corrected chi connectivity index (χ1v) is 6.92. The van der Waals surface area contributed by atoms with Gasteiger partial charge in [-0.15, -0.1) is 23.1 Å². The molecule has 0 unspecified atom stereocenters. The Kier molecular flexibility index (Phi) is 3.79. The summed E-state index contributed by atoms with van der Waals surface area (Å²) in [5.41, 5.74) is 7.40. The van der Waals surface area contributed by atoms with E-state index < -0.39 is 0 Å². The predicted octanol–water partition coefficient (Wildman–Crippen LogP) is 2.98. The van der Waals surface area contributed by atoms with Gasteiger partial charge >= 0.3 is 0 Å². The highest BCUT2D eigenvalue weighted by atomic mass is 32.2. The van der Waals surface area contributed by atoms with Crippen molar-refractivity contribution in [1.82, 2.24) is 9.97 Å². The molecule has 0 spiro atoms. The predicted molar refractivity (Wildman–Crippen MR) is 69.7 cm³/mol. The van der Waals surface area contributed by atoms with Crippen molar-refractivity contribution in [2.75, 3.05) is 5.73 Å². The van der Waals surface area contributed by atoms with Crippen LogP contribution in [0.3, 0.4) is 0 Å². The van der Waals surface area contributed by atoms with Crippen LogP contribution in [0.4, 0.5) is 5.69 Å². The number of hydrogen-bond acceptors (Lipinski definition) is 5. The average Bonchev–Trinajstić information content (AvgIpc) is 2.76. The minimum atomic E-state index is 0.700. The molecule has 0 bridgehead atoms. The largest absolute Gasteiger partial charge is 0.397 e. The molecule has 0 aliphatic rings. The summed E-state index contributed by atoms with van der Waals surface area (Å²) in [4.78, 5) is 8.74. The van der Waals surface area contributed by atoms with Gasteiger partial charge in [-0.3, -0.25) is 0 Å². The van der Waals surface area contributed by atoms with Gasteiger partial charge < -0.3 is 5.73 Å². The van der Waals surface area contributed by atoms with Crippen molar-refractivity contribution in [2.45, 2.75) is 24.1 Å². The monoisotopic (exact) mass is 251 g/mol. The molecule has 2 rings (SSSR count). The highest BCUT2D eigenvalue weighted by Gasteiger charge is 2.02. The first kappa shape index (κ1) is 11.4. The number of aryl methyl sites for hydroxylation is 1. The summed E-state index contributed by atoms with van der Waals surface area (Å²) in [5.74, 6) is 0.868. The number of pyridine rings is 1. The molecule has 0 aliphatic heterocycles. The summed E-state index contributed by atoms with van der Waals surface area (Å²) in [6.45, 7) is 2.12. The molecule has 0 radical (unpaired) electrons. The second-order valence-electron chi connectivity index (χ2n) is 3.30. The van der Waals surface area contributed by atoms with E-state index in [1.807, 2.05) is 12.1 Å². The van der Waals surface area contributed by atoms with E-state index in [0.29, 0.717) is 5.69 Å². The number of anilines is 1. The van der Waals surface area contributed by atoms with Gasteiger partial charge in [-0.05, 0) is 18.6 Å². The van der Waals surface area contributed by atoms with Crippen LogP contribution >= 0.6 is 23.1 Å². The highest BCUT2D eigenvalue weighted by Crippen LogP contribution is 2.22. The number of rotatable bonds is 4. The summed E-state index contributed by atoms with van der Waals surface area (Å²) in [6.07, 6.45) is 2.69. The van der Waals surface area contributed by atoms with Crippen molar-refractivity contribution in [1.29, 1.82) is 0 Å². The molecule has 0 fully saturated rings. The van der Waals surface area contributed by atoms with Crippen molar-refractivity contribution in [3.8, 4) is 0 Å². The van der Waals surface area contributed by atoms with Crippen molar-refractivity contribution in [3.63, 3.8) is 0 Å². The third-order valence-electron chi connectivity index (χ3n) is 2.03. The third-order valence-corrected chi connectivity index (χ3v) is 4.05. The van der Waals surface area contributed by atoms with E-state index in [0.717, 1.165) is 22.9 Å². The van der Waals surface area contributed by atoms with Crippen molar-refractivity contribution in [3.05, 3.63) is 34.4 Å². The Morgan fingerprint density at radius 2 is 2.31 bits per heavy atom. The lowest BCUT2D eigenvalue weighted by molar-refractivity contribution is 1.06. The van der Waals surface area contributed by atoms with Crippen LogP contribution in [0.25, 0.3) is 0 Å². The molecule has 0 aliphatic carbocycles. The van der Waals surface area contributed by atoms with Gasteiger partial charge in [0.05, 0.1) is 27.6 Å². The van der Waals surface area contributed by atoms with Gasteiger partial charge in [0.2, 0.25) is 0 Å². The minimum Gasteiger partial charge on any atom is -0.397 e. The van der Waals surface area contributed by atoms with Gasteiger partial charge in [0, 0.05) is 11.1 Å².